The number of carbonyl (C=O) groups is 1. The summed E-state index contributed by atoms with van der Waals surface area (Å²) in [5.74, 6) is 0.209. The number of carbonyl (C=O) groups excluding carboxylic acids is 1. The average molecular weight is 290 g/mol. The van der Waals surface area contributed by atoms with Crippen LogP contribution in [0.2, 0.25) is 0 Å². The molecular weight excluding hydrogens is 272 g/mol. The summed E-state index contributed by atoms with van der Waals surface area (Å²) in [4.78, 5) is 17.6. The van der Waals surface area contributed by atoms with Crippen molar-refractivity contribution in [3.63, 3.8) is 0 Å². The fourth-order valence-corrected chi connectivity index (χ4v) is 1.85. The molecule has 0 bridgehead atoms. The number of rotatable bonds is 7. The highest BCUT2D eigenvalue weighted by atomic mass is 16.5. The summed E-state index contributed by atoms with van der Waals surface area (Å²) in [5.41, 5.74) is 1.50. The molecule has 0 fully saturated rings. The van der Waals surface area contributed by atoms with Crippen molar-refractivity contribution in [3.8, 4) is 0 Å². The third-order valence-corrected chi connectivity index (χ3v) is 3.01. The van der Waals surface area contributed by atoms with Crippen molar-refractivity contribution in [2.45, 2.75) is 6.42 Å². The van der Waals surface area contributed by atoms with E-state index in [1.54, 1.807) is 7.11 Å². The van der Waals surface area contributed by atoms with E-state index in [1.165, 1.54) is 7.11 Å². The van der Waals surface area contributed by atoms with Gasteiger partial charge in [-0.15, -0.1) is 10.2 Å². The van der Waals surface area contributed by atoms with Crippen LogP contribution in [0.1, 0.15) is 6.42 Å². The maximum Gasteiger partial charge on any atom is 0.307 e. The Morgan fingerprint density at radius 3 is 2.62 bits per heavy atom. The van der Waals surface area contributed by atoms with Gasteiger partial charge in [0.05, 0.1) is 25.7 Å². The fraction of sp³-hybridized carbons (Fsp3) is 0.429. The second-order valence-corrected chi connectivity index (χ2v) is 4.41. The van der Waals surface area contributed by atoms with Crippen LogP contribution in [0.25, 0.3) is 11.0 Å². The highest BCUT2D eigenvalue weighted by Gasteiger charge is 2.13. The number of nitrogens with zero attached hydrogens (tertiary/aromatic N) is 4. The van der Waals surface area contributed by atoms with E-state index in [9.17, 15) is 4.79 Å². The van der Waals surface area contributed by atoms with Crippen LogP contribution in [0.15, 0.2) is 24.3 Å². The maximum atomic E-state index is 11.3. The lowest BCUT2D eigenvalue weighted by Crippen LogP contribution is -2.31. The molecular formula is C14H18N4O3. The van der Waals surface area contributed by atoms with Gasteiger partial charge in [-0.1, -0.05) is 12.1 Å². The number of methoxy groups -OCH3 is 2. The Bertz CT molecular complexity index is 606. The molecule has 0 atom stereocenters. The van der Waals surface area contributed by atoms with E-state index in [4.69, 9.17) is 4.74 Å². The van der Waals surface area contributed by atoms with Gasteiger partial charge in [0.25, 0.3) is 0 Å². The molecule has 0 N–H and O–H groups in total. The first-order valence-corrected chi connectivity index (χ1v) is 6.64. The first kappa shape index (κ1) is 15.1. The van der Waals surface area contributed by atoms with Crippen molar-refractivity contribution >= 4 is 23.0 Å². The van der Waals surface area contributed by atoms with Crippen LogP contribution >= 0.6 is 0 Å². The molecule has 2 rings (SSSR count). The van der Waals surface area contributed by atoms with Crippen molar-refractivity contribution < 1.29 is 14.3 Å². The topological polar surface area (TPSA) is 77.4 Å². The van der Waals surface area contributed by atoms with E-state index in [0.29, 0.717) is 25.6 Å². The number of anilines is 1. The van der Waals surface area contributed by atoms with E-state index in [1.807, 2.05) is 29.2 Å². The van der Waals surface area contributed by atoms with E-state index >= 15 is 0 Å². The zero-order valence-corrected chi connectivity index (χ0v) is 12.2. The third kappa shape index (κ3) is 4.09. The second kappa shape index (κ2) is 7.49. The van der Waals surface area contributed by atoms with Gasteiger partial charge in [0.1, 0.15) is 5.52 Å². The number of fused-ring (bicyclic) bond motifs is 1. The zero-order chi connectivity index (χ0) is 15.1. The smallest absolute Gasteiger partial charge is 0.307 e. The molecule has 21 heavy (non-hydrogen) atoms. The summed E-state index contributed by atoms with van der Waals surface area (Å²) in [6.07, 6.45) is 0.260. The number of benzene rings is 1. The standard InChI is InChI=1S/C14H18N4O3/c1-20-10-9-18(8-7-13(19)21-2)14-15-11-5-3-4-6-12(11)16-17-14/h3-6H,7-10H2,1-2H3. The van der Waals surface area contributed by atoms with Crippen molar-refractivity contribution in [3.05, 3.63) is 24.3 Å². The summed E-state index contributed by atoms with van der Waals surface area (Å²) in [5, 5.41) is 8.27. The van der Waals surface area contributed by atoms with Crippen molar-refractivity contribution in [1.29, 1.82) is 0 Å². The molecule has 0 saturated carbocycles. The summed E-state index contributed by atoms with van der Waals surface area (Å²) >= 11 is 0. The SMILES string of the molecule is COCCN(CCC(=O)OC)c1nnc2ccccc2n1. The van der Waals surface area contributed by atoms with Crippen LogP contribution in [0.3, 0.4) is 0 Å². The van der Waals surface area contributed by atoms with Crippen LogP contribution < -0.4 is 4.90 Å². The van der Waals surface area contributed by atoms with E-state index in [0.717, 1.165) is 11.0 Å². The predicted octanol–water partition coefficient (Wildman–Crippen LogP) is 1.04. The molecule has 0 radical (unpaired) electrons. The van der Waals surface area contributed by atoms with Gasteiger partial charge >= 0.3 is 5.97 Å². The number of aromatic nitrogens is 3. The lowest BCUT2D eigenvalue weighted by Gasteiger charge is -2.21. The Morgan fingerprint density at radius 2 is 1.90 bits per heavy atom. The Kier molecular flexibility index (Phi) is 5.39. The molecule has 112 valence electrons. The molecule has 0 aliphatic rings. The van der Waals surface area contributed by atoms with Gasteiger partial charge in [-0.3, -0.25) is 4.79 Å². The number of para-hydroxylation sites is 1. The lowest BCUT2D eigenvalue weighted by molar-refractivity contribution is -0.140. The Labute approximate surface area is 122 Å². The minimum atomic E-state index is -0.272. The van der Waals surface area contributed by atoms with Crippen LogP contribution in [0.4, 0.5) is 5.95 Å². The number of hydrogen-bond acceptors (Lipinski definition) is 7. The molecule has 1 aromatic carbocycles. The Hall–Kier alpha value is -2.28. The van der Waals surface area contributed by atoms with Crippen molar-refractivity contribution in [2.24, 2.45) is 0 Å². The molecule has 7 nitrogen and oxygen atoms in total. The van der Waals surface area contributed by atoms with Crippen molar-refractivity contribution in [2.75, 3.05) is 38.8 Å². The van der Waals surface area contributed by atoms with E-state index in [-0.39, 0.29) is 12.4 Å². The fourth-order valence-electron chi connectivity index (χ4n) is 1.85. The Balaban J connectivity index is 2.18. The highest BCUT2D eigenvalue weighted by molar-refractivity contribution is 5.74. The first-order chi connectivity index (χ1) is 10.2. The van der Waals surface area contributed by atoms with E-state index < -0.39 is 0 Å². The molecule has 7 heteroatoms. The van der Waals surface area contributed by atoms with Gasteiger partial charge < -0.3 is 14.4 Å². The molecule has 1 aromatic heterocycles. The van der Waals surface area contributed by atoms with Crippen LogP contribution in [-0.4, -0.2) is 55.1 Å². The maximum absolute atomic E-state index is 11.3. The highest BCUT2D eigenvalue weighted by Crippen LogP contribution is 2.12. The number of esters is 1. The molecule has 0 aliphatic heterocycles. The van der Waals surface area contributed by atoms with Crippen molar-refractivity contribution in [1.82, 2.24) is 15.2 Å². The molecule has 0 saturated heterocycles. The summed E-state index contributed by atoms with van der Waals surface area (Å²) in [6.45, 7) is 1.54. The molecule has 2 aromatic rings. The summed E-state index contributed by atoms with van der Waals surface area (Å²) in [6, 6.07) is 7.52. The zero-order valence-electron chi connectivity index (χ0n) is 12.2. The second-order valence-electron chi connectivity index (χ2n) is 4.41. The third-order valence-electron chi connectivity index (χ3n) is 3.01. The normalized spacial score (nSPS) is 10.6. The van der Waals surface area contributed by atoms with Gasteiger partial charge in [0.15, 0.2) is 0 Å². The van der Waals surface area contributed by atoms with Crippen LogP contribution in [0.5, 0.6) is 0 Å². The van der Waals surface area contributed by atoms with Crippen LogP contribution in [0, 0.1) is 0 Å². The average Bonchev–Trinajstić information content (AvgIpc) is 2.54. The summed E-state index contributed by atoms with van der Waals surface area (Å²) in [7, 11) is 2.99. The summed E-state index contributed by atoms with van der Waals surface area (Å²) < 4.78 is 9.74. The van der Waals surface area contributed by atoms with Gasteiger partial charge in [-0.25, -0.2) is 4.98 Å². The lowest BCUT2D eigenvalue weighted by atomic mass is 10.3. The minimum Gasteiger partial charge on any atom is -0.469 e. The van der Waals surface area contributed by atoms with Crippen LogP contribution in [-0.2, 0) is 14.3 Å². The van der Waals surface area contributed by atoms with Gasteiger partial charge in [0.2, 0.25) is 5.95 Å². The predicted molar refractivity (Wildman–Crippen MR) is 78.1 cm³/mol. The largest absolute Gasteiger partial charge is 0.469 e. The van der Waals surface area contributed by atoms with Gasteiger partial charge in [-0.2, -0.15) is 0 Å². The van der Waals surface area contributed by atoms with Gasteiger partial charge in [-0.05, 0) is 12.1 Å². The molecule has 0 aliphatic carbocycles. The van der Waals surface area contributed by atoms with E-state index in [2.05, 4.69) is 19.9 Å². The minimum absolute atomic E-state index is 0.260. The monoisotopic (exact) mass is 290 g/mol. The van der Waals surface area contributed by atoms with Gasteiger partial charge in [0, 0.05) is 20.2 Å². The molecule has 0 spiro atoms. The molecule has 0 amide bonds. The Morgan fingerprint density at radius 1 is 1.14 bits per heavy atom. The first-order valence-electron chi connectivity index (χ1n) is 6.64. The molecule has 0 unspecified atom stereocenters. The quantitative estimate of drug-likeness (QED) is 0.705. The number of ether oxygens (including phenoxy) is 2. The number of hydrogen-bond donors (Lipinski definition) is 0. The molecule has 1 heterocycles.